The van der Waals surface area contributed by atoms with Crippen molar-refractivity contribution in [2.24, 2.45) is 0 Å². The Morgan fingerprint density at radius 2 is 1.88 bits per heavy atom. The molecule has 5 heteroatoms. The van der Waals surface area contributed by atoms with Crippen molar-refractivity contribution in [2.75, 3.05) is 0 Å². The number of hydrogen-bond acceptors (Lipinski definition) is 3. The highest BCUT2D eigenvalue weighted by molar-refractivity contribution is 5.92. The highest BCUT2D eigenvalue weighted by Crippen LogP contribution is 2.31. The van der Waals surface area contributed by atoms with Crippen LogP contribution in [0.2, 0.25) is 0 Å². The number of aromatic nitrogens is 2. The van der Waals surface area contributed by atoms with Gasteiger partial charge >= 0.3 is 0 Å². The number of aliphatic hydroxyl groups excluding tert-OH is 1. The highest BCUT2D eigenvalue weighted by atomic mass is 16.3. The van der Waals surface area contributed by atoms with Crippen LogP contribution in [0.25, 0.3) is 5.69 Å². The molecule has 0 spiro atoms. The van der Waals surface area contributed by atoms with Gasteiger partial charge in [-0.2, -0.15) is 5.10 Å². The molecule has 1 heterocycles. The standard InChI is InChI=1S/C20H19N3O2/c1-13-11-17(22-23(13)15-8-3-2-4-9-15)20(25)21-19-16-10-6-5-7-14(16)12-18(19)24/h2-11,18-19,24H,12H2,1H3,(H,21,25). The molecule has 0 saturated heterocycles. The topological polar surface area (TPSA) is 67.2 Å². The van der Waals surface area contributed by atoms with Gasteiger partial charge in [0.05, 0.1) is 17.8 Å². The van der Waals surface area contributed by atoms with Crippen LogP contribution < -0.4 is 5.32 Å². The zero-order valence-corrected chi connectivity index (χ0v) is 13.9. The molecule has 1 amide bonds. The molecule has 0 aliphatic heterocycles. The maximum atomic E-state index is 12.7. The second-order valence-corrected chi connectivity index (χ2v) is 6.34. The molecule has 0 radical (unpaired) electrons. The van der Waals surface area contributed by atoms with E-state index in [1.54, 1.807) is 10.7 Å². The van der Waals surface area contributed by atoms with E-state index < -0.39 is 12.1 Å². The number of amides is 1. The quantitative estimate of drug-likeness (QED) is 0.774. The number of benzene rings is 2. The third-order valence-electron chi connectivity index (χ3n) is 4.61. The Bertz CT molecular complexity index is 918. The SMILES string of the molecule is Cc1cc(C(=O)NC2c3ccccc3CC2O)nn1-c1ccccc1. The van der Waals surface area contributed by atoms with Gasteiger partial charge in [0.2, 0.25) is 0 Å². The first kappa shape index (κ1) is 15.6. The second kappa shape index (κ2) is 6.18. The molecule has 25 heavy (non-hydrogen) atoms. The minimum Gasteiger partial charge on any atom is -0.390 e. The maximum absolute atomic E-state index is 12.7. The summed E-state index contributed by atoms with van der Waals surface area (Å²) in [4.78, 5) is 12.7. The van der Waals surface area contributed by atoms with E-state index in [1.165, 1.54) is 0 Å². The van der Waals surface area contributed by atoms with Crippen LogP contribution in [0.5, 0.6) is 0 Å². The summed E-state index contributed by atoms with van der Waals surface area (Å²) in [6.45, 7) is 1.91. The first-order valence-corrected chi connectivity index (χ1v) is 8.32. The van der Waals surface area contributed by atoms with Crippen LogP contribution in [0.15, 0.2) is 60.7 Å². The summed E-state index contributed by atoms with van der Waals surface area (Å²) in [6.07, 6.45) is -0.0582. The predicted molar refractivity (Wildman–Crippen MR) is 94.7 cm³/mol. The largest absolute Gasteiger partial charge is 0.390 e. The monoisotopic (exact) mass is 333 g/mol. The van der Waals surface area contributed by atoms with Gasteiger partial charge < -0.3 is 10.4 Å². The van der Waals surface area contributed by atoms with Crippen LogP contribution in [0.4, 0.5) is 0 Å². The molecule has 2 N–H and O–H groups in total. The molecule has 0 bridgehead atoms. The molecular formula is C20H19N3O2. The molecule has 0 fully saturated rings. The first-order chi connectivity index (χ1) is 12.1. The molecule has 1 aliphatic carbocycles. The first-order valence-electron chi connectivity index (χ1n) is 8.32. The summed E-state index contributed by atoms with van der Waals surface area (Å²) in [7, 11) is 0. The van der Waals surface area contributed by atoms with Gasteiger partial charge in [0.15, 0.2) is 5.69 Å². The molecule has 0 saturated carbocycles. The number of rotatable bonds is 3. The number of nitrogens with zero attached hydrogens (tertiary/aromatic N) is 2. The summed E-state index contributed by atoms with van der Waals surface area (Å²) >= 11 is 0. The van der Waals surface area contributed by atoms with Crippen LogP contribution in [0.3, 0.4) is 0 Å². The van der Waals surface area contributed by atoms with Crippen molar-refractivity contribution < 1.29 is 9.90 Å². The third kappa shape index (κ3) is 2.83. The summed E-state index contributed by atoms with van der Waals surface area (Å²) in [5, 5.41) is 17.7. The van der Waals surface area contributed by atoms with E-state index in [9.17, 15) is 9.90 Å². The predicted octanol–water partition coefficient (Wildman–Crippen LogP) is 2.57. The molecule has 2 atom stereocenters. The molecule has 2 aromatic carbocycles. The fraction of sp³-hybridized carbons (Fsp3) is 0.200. The Labute approximate surface area is 145 Å². The van der Waals surface area contributed by atoms with E-state index in [0.29, 0.717) is 12.1 Å². The number of nitrogens with one attached hydrogen (secondary N) is 1. The van der Waals surface area contributed by atoms with E-state index in [-0.39, 0.29) is 5.91 Å². The Kier molecular flexibility index (Phi) is 3.86. The molecule has 3 aromatic rings. The van der Waals surface area contributed by atoms with Gasteiger partial charge in [0.25, 0.3) is 5.91 Å². The normalized spacial score (nSPS) is 18.8. The van der Waals surface area contributed by atoms with E-state index in [1.807, 2.05) is 61.5 Å². The average Bonchev–Trinajstić information content (AvgIpc) is 3.16. The number of carbonyl (C=O) groups excluding carboxylic acids is 1. The molecule has 1 aliphatic rings. The van der Waals surface area contributed by atoms with Gasteiger partial charge in [-0.1, -0.05) is 42.5 Å². The highest BCUT2D eigenvalue weighted by Gasteiger charge is 2.32. The van der Waals surface area contributed by atoms with Gasteiger partial charge in [-0.15, -0.1) is 0 Å². The molecule has 1 aromatic heterocycles. The van der Waals surface area contributed by atoms with Crippen molar-refractivity contribution in [1.82, 2.24) is 15.1 Å². The lowest BCUT2D eigenvalue weighted by molar-refractivity contribution is 0.0853. The zero-order chi connectivity index (χ0) is 17.4. The Hall–Kier alpha value is -2.92. The van der Waals surface area contributed by atoms with Crippen molar-refractivity contribution in [3.05, 3.63) is 83.2 Å². The molecular weight excluding hydrogens is 314 g/mol. The fourth-order valence-corrected chi connectivity index (χ4v) is 3.38. The van der Waals surface area contributed by atoms with E-state index in [4.69, 9.17) is 0 Å². The Balaban J connectivity index is 1.59. The summed E-state index contributed by atoms with van der Waals surface area (Å²) in [6, 6.07) is 18.9. The fourth-order valence-electron chi connectivity index (χ4n) is 3.38. The van der Waals surface area contributed by atoms with Crippen LogP contribution >= 0.6 is 0 Å². The zero-order valence-electron chi connectivity index (χ0n) is 13.9. The molecule has 126 valence electrons. The molecule has 5 nitrogen and oxygen atoms in total. The maximum Gasteiger partial charge on any atom is 0.272 e. The average molecular weight is 333 g/mol. The van der Waals surface area contributed by atoms with E-state index >= 15 is 0 Å². The van der Waals surface area contributed by atoms with Crippen molar-refractivity contribution in [1.29, 1.82) is 0 Å². The van der Waals surface area contributed by atoms with Crippen LogP contribution in [-0.2, 0) is 6.42 Å². The smallest absolute Gasteiger partial charge is 0.272 e. The van der Waals surface area contributed by atoms with Crippen molar-refractivity contribution in [2.45, 2.75) is 25.5 Å². The van der Waals surface area contributed by atoms with Gasteiger partial charge in [-0.25, -0.2) is 4.68 Å². The van der Waals surface area contributed by atoms with Gasteiger partial charge in [-0.05, 0) is 36.2 Å². The third-order valence-corrected chi connectivity index (χ3v) is 4.61. The second-order valence-electron chi connectivity index (χ2n) is 6.34. The number of para-hydroxylation sites is 1. The van der Waals surface area contributed by atoms with E-state index in [2.05, 4.69) is 10.4 Å². The summed E-state index contributed by atoms with van der Waals surface area (Å²) in [5.74, 6) is -0.279. The van der Waals surface area contributed by atoms with Crippen molar-refractivity contribution in [3.63, 3.8) is 0 Å². The van der Waals surface area contributed by atoms with Crippen molar-refractivity contribution in [3.8, 4) is 5.69 Å². The van der Waals surface area contributed by atoms with Gasteiger partial charge in [0, 0.05) is 12.1 Å². The lowest BCUT2D eigenvalue weighted by Crippen LogP contribution is -2.34. The van der Waals surface area contributed by atoms with Gasteiger partial charge in [-0.3, -0.25) is 4.79 Å². The van der Waals surface area contributed by atoms with Crippen LogP contribution in [0.1, 0.15) is 33.4 Å². The number of aliphatic hydroxyl groups is 1. The minimum atomic E-state index is -0.612. The molecule has 4 rings (SSSR count). The van der Waals surface area contributed by atoms with Gasteiger partial charge in [0.1, 0.15) is 0 Å². The van der Waals surface area contributed by atoms with Crippen LogP contribution in [0, 0.1) is 6.92 Å². The van der Waals surface area contributed by atoms with Crippen molar-refractivity contribution >= 4 is 5.91 Å². The number of aryl methyl sites for hydroxylation is 1. The number of hydrogen-bond donors (Lipinski definition) is 2. The Morgan fingerprint density at radius 1 is 1.16 bits per heavy atom. The molecule has 2 unspecified atom stereocenters. The summed E-state index contributed by atoms with van der Waals surface area (Å²) in [5.41, 5.74) is 4.18. The lowest BCUT2D eigenvalue weighted by Gasteiger charge is -2.17. The van der Waals surface area contributed by atoms with E-state index in [0.717, 1.165) is 22.5 Å². The Morgan fingerprint density at radius 3 is 2.68 bits per heavy atom. The minimum absolute atomic E-state index is 0.279. The summed E-state index contributed by atoms with van der Waals surface area (Å²) < 4.78 is 1.74. The number of fused-ring (bicyclic) bond motifs is 1. The van der Waals surface area contributed by atoms with Crippen LogP contribution in [-0.4, -0.2) is 26.9 Å². The lowest BCUT2D eigenvalue weighted by atomic mass is 10.1. The number of carbonyl (C=O) groups is 1.